The maximum Gasteiger partial charge on any atom is 0.311 e. The molecule has 47 heavy (non-hydrogen) atoms. The van der Waals surface area contributed by atoms with Crippen molar-refractivity contribution in [1.29, 1.82) is 0 Å². The molecule has 0 aliphatic rings. The highest BCUT2D eigenvalue weighted by atomic mass is 32.2. The van der Waals surface area contributed by atoms with Crippen molar-refractivity contribution in [2.24, 2.45) is 0 Å². The van der Waals surface area contributed by atoms with E-state index in [0.29, 0.717) is 28.7 Å². The number of ether oxygens (including phenoxy) is 1. The SMILES string of the molecule is CCOC(=O)Cc1csc(NC(=O)C(C)Sc2ccc(NC(=O)/C(=C/c3cccc4ccccc34)NC(=O)c3ccccc3)cc2)n1. The Labute approximate surface area is 280 Å². The number of anilines is 2. The summed E-state index contributed by atoms with van der Waals surface area (Å²) in [7, 11) is 0. The number of carbonyl (C=O) groups is 4. The van der Waals surface area contributed by atoms with E-state index in [9.17, 15) is 19.2 Å². The Morgan fingerprint density at radius 1 is 0.894 bits per heavy atom. The molecule has 0 aliphatic heterocycles. The van der Waals surface area contributed by atoms with Crippen LogP contribution in [0.4, 0.5) is 10.8 Å². The van der Waals surface area contributed by atoms with Crippen molar-refractivity contribution in [3.8, 4) is 0 Å². The van der Waals surface area contributed by atoms with Crippen molar-refractivity contribution in [3.63, 3.8) is 0 Å². The topological polar surface area (TPSA) is 126 Å². The summed E-state index contributed by atoms with van der Waals surface area (Å²) < 4.78 is 4.94. The minimum absolute atomic E-state index is 0.0489. The Morgan fingerprint density at radius 2 is 1.62 bits per heavy atom. The molecule has 3 N–H and O–H groups in total. The van der Waals surface area contributed by atoms with E-state index in [1.165, 1.54) is 23.1 Å². The molecule has 0 saturated carbocycles. The van der Waals surface area contributed by atoms with Gasteiger partial charge in [-0.3, -0.25) is 19.2 Å². The zero-order chi connectivity index (χ0) is 33.2. The third-order valence-electron chi connectivity index (χ3n) is 6.86. The second-order valence-corrected chi connectivity index (χ2v) is 12.6. The molecule has 5 rings (SSSR count). The van der Waals surface area contributed by atoms with Crippen LogP contribution in [0.2, 0.25) is 0 Å². The lowest BCUT2D eigenvalue weighted by atomic mass is 10.0. The molecule has 0 saturated heterocycles. The third-order valence-corrected chi connectivity index (χ3v) is 8.78. The van der Waals surface area contributed by atoms with Gasteiger partial charge in [0.2, 0.25) is 5.91 Å². The molecule has 5 aromatic rings. The van der Waals surface area contributed by atoms with Crippen LogP contribution in [-0.4, -0.2) is 40.5 Å². The van der Waals surface area contributed by atoms with Crippen LogP contribution in [0.5, 0.6) is 0 Å². The van der Waals surface area contributed by atoms with Gasteiger partial charge in [-0.05, 0) is 72.7 Å². The summed E-state index contributed by atoms with van der Waals surface area (Å²) >= 11 is 2.59. The monoisotopic (exact) mass is 664 g/mol. The average molecular weight is 665 g/mol. The summed E-state index contributed by atoms with van der Waals surface area (Å²) in [5.41, 5.74) is 2.36. The minimum atomic E-state index is -0.485. The molecule has 1 unspecified atom stereocenters. The first kappa shape index (κ1) is 33.1. The van der Waals surface area contributed by atoms with Crippen molar-refractivity contribution in [1.82, 2.24) is 10.3 Å². The molecule has 1 atom stereocenters. The predicted molar refractivity (Wildman–Crippen MR) is 187 cm³/mol. The molecule has 11 heteroatoms. The van der Waals surface area contributed by atoms with E-state index in [1.54, 1.807) is 61.7 Å². The fourth-order valence-corrected chi connectivity index (χ4v) is 6.14. The number of rotatable bonds is 12. The normalized spacial score (nSPS) is 11.8. The van der Waals surface area contributed by atoms with E-state index in [2.05, 4.69) is 20.9 Å². The summed E-state index contributed by atoms with van der Waals surface area (Å²) in [6, 6.07) is 29.4. The summed E-state index contributed by atoms with van der Waals surface area (Å²) in [5.74, 6) is -1.49. The standard InChI is InChI=1S/C36H32N4O5S2/c1-3-45-32(41)21-28-22-46-36(38-28)40-33(42)23(2)47-29-18-16-27(17-19-29)37-35(44)31(39-34(43)25-11-5-4-6-12-25)20-26-14-9-13-24-10-7-8-15-30(24)26/h4-20,22-23H,3,21H2,1-2H3,(H,37,44)(H,39,43)(H,38,40,42)/b31-20-. The summed E-state index contributed by atoms with van der Waals surface area (Å²) in [4.78, 5) is 56.2. The molecule has 1 heterocycles. The first-order valence-corrected chi connectivity index (χ1v) is 16.6. The van der Waals surface area contributed by atoms with Gasteiger partial charge in [-0.25, -0.2) is 4.98 Å². The van der Waals surface area contributed by atoms with Gasteiger partial charge in [0.05, 0.1) is 24.0 Å². The number of hydrogen-bond acceptors (Lipinski definition) is 8. The number of amides is 3. The van der Waals surface area contributed by atoms with Gasteiger partial charge < -0.3 is 20.7 Å². The predicted octanol–water partition coefficient (Wildman–Crippen LogP) is 6.93. The molecule has 0 fully saturated rings. The fourth-order valence-electron chi connectivity index (χ4n) is 4.56. The lowest BCUT2D eigenvalue weighted by Crippen LogP contribution is -2.30. The highest BCUT2D eigenvalue weighted by Crippen LogP contribution is 2.27. The summed E-state index contributed by atoms with van der Waals surface area (Å²) in [6.45, 7) is 3.82. The van der Waals surface area contributed by atoms with Crippen molar-refractivity contribution < 1.29 is 23.9 Å². The van der Waals surface area contributed by atoms with Crippen LogP contribution in [0.1, 0.15) is 35.5 Å². The molecular weight excluding hydrogens is 633 g/mol. The molecule has 3 amide bonds. The van der Waals surface area contributed by atoms with E-state index in [4.69, 9.17) is 4.74 Å². The number of benzene rings is 4. The van der Waals surface area contributed by atoms with Crippen molar-refractivity contribution >= 4 is 74.5 Å². The van der Waals surface area contributed by atoms with Gasteiger partial charge in [-0.2, -0.15) is 0 Å². The van der Waals surface area contributed by atoms with Crippen molar-refractivity contribution in [2.75, 3.05) is 17.2 Å². The number of esters is 1. The Kier molecular flexibility index (Phi) is 11.2. The van der Waals surface area contributed by atoms with Crippen LogP contribution in [0, 0.1) is 0 Å². The van der Waals surface area contributed by atoms with E-state index < -0.39 is 17.1 Å². The van der Waals surface area contributed by atoms with Gasteiger partial charge in [0.25, 0.3) is 11.8 Å². The fraction of sp³-hybridized carbons (Fsp3) is 0.139. The molecule has 0 radical (unpaired) electrons. The van der Waals surface area contributed by atoms with E-state index in [-0.39, 0.29) is 24.0 Å². The van der Waals surface area contributed by atoms with E-state index >= 15 is 0 Å². The molecule has 0 aliphatic carbocycles. The Hall–Kier alpha value is -5.26. The summed E-state index contributed by atoms with van der Waals surface area (Å²) in [5, 5.41) is 12.1. The van der Waals surface area contributed by atoms with Gasteiger partial charge in [0, 0.05) is 21.5 Å². The van der Waals surface area contributed by atoms with Crippen LogP contribution < -0.4 is 16.0 Å². The number of carbonyl (C=O) groups excluding carboxylic acids is 4. The van der Waals surface area contributed by atoms with E-state index in [1.807, 2.05) is 60.7 Å². The second-order valence-electron chi connectivity index (χ2n) is 10.3. The Morgan fingerprint density at radius 3 is 2.38 bits per heavy atom. The van der Waals surface area contributed by atoms with Crippen molar-refractivity contribution in [2.45, 2.75) is 30.4 Å². The van der Waals surface area contributed by atoms with E-state index in [0.717, 1.165) is 21.2 Å². The Bertz CT molecular complexity index is 1920. The Balaban J connectivity index is 1.25. The van der Waals surface area contributed by atoms with Crippen LogP contribution in [0.15, 0.2) is 113 Å². The van der Waals surface area contributed by atoms with Crippen LogP contribution in [0.3, 0.4) is 0 Å². The highest BCUT2D eigenvalue weighted by Gasteiger charge is 2.18. The molecule has 0 bridgehead atoms. The lowest BCUT2D eigenvalue weighted by Gasteiger charge is -2.13. The number of thiazole rings is 1. The number of nitrogens with zero attached hydrogens (tertiary/aromatic N) is 1. The van der Waals surface area contributed by atoms with Gasteiger partial charge in [0.1, 0.15) is 5.70 Å². The molecular formula is C36H32N4O5S2. The summed E-state index contributed by atoms with van der Waals surface area (Å²) in [6.07, 6.45) is 1.72. The van der Waals surface area contributed by atoms with Gasteiger partial charge in [-0.15, -0.1) is 23.1 Å². The lowest BCUT2D eigenvalue weighted by molar-refractivity contribution is -0.142. The average Bonchev–Trinajstić information content (AvgIpc) is 3.51. The first-order valence-electron chi connectivity index (χ1n) is 14.8. The van der Waals surface area contributed by atoms with Crippen LogP contribution >= 0.6 is 23.1 Å². The second kappa shape index (κ2) is 15.8. The smallest absolute Gasteiger partial charge is 0.311 e. The number of thioether (sulfide) groups is 1. The third kappa shape index (κ3) is 9.15. The van der Waals surface area contributed by atoms with Gasteiger partial charge in [-0.1, -0.05) is 60.7 Å². The molecule has 4 aromatic carbocycles. The number of fused-ring (bicyclic) bond motifs is 1. The number of aromatic nitrogens is 1. The first-order chi connectivity index (χ1) is 22.8. The molecule has 1 aromatic heterocycles. The molecule has 9 nitrogen and oxygen atoms in total. The number of nitrogens with one attached hydrogen (secondary N) is 3. The quantitative estimate of drug-likeness (QED) is 0.0750. The van der Waals surface area contributed by atoms with Crippen molar-refractivity contribution in [3.05, 3.63) is 125 Å². The number of hydrogen-bond donors (Lipinski definition) is 3. The zero-order valence-electron chi connectivity index (χ0n) is 25.7. The minimum Gasteiger partial charge on any atom is -0.466 e. The highest BCUT2D eigenvalue weighted by molar-refractivity contribution is 8.00. The van der Waals surface area contributed by atoms with Crippen LogP contribution in [0.25, 0.3) is 16.8 Å². The largest absolute Gasteiger partial charge is 0.466 e. The van der Waals surface area contributed by atoms with Gasteiger partial charge >= 0.3 is 5.97 Å². The molecule has 238 valence electrons. The maximum atomic E-state index is 13.6. The van der Waals surface area contributed by atoms with Gasteiger partial charge in [0.15, 0.2) is 5.13 Å². The van der Waals surface area contributed by atoms with Crippen LogP contribution in [-0.2, 0) is 25.5 Å². The zero-order valence-corrected chi connectivity index (χ0v) is 27.3. The maximum absolute atomic E-state index is 13.6. The molecule has 0 spiro atoms.